The summed E-state index contributed by atoms with van der Waals surface area (Å²) in [6.07, 6.45) is 10.2. The van der Waals surface area contributed by atoms with Crippen LogP contribution in [0.5, 0.6) is 0 Å². The van der Waals surface area contributed by atoms with E-state index in [-0.39, 0.29) is 11.3 Å². The molecule has 0 radical (unpaired) electrons. The van der Waals surface area contributed by atoms with Crippen LogP contribution >= 0.6 is 11.8 Å². The average molecular weight is 329 g/mol. The summed E-state index contributed by atoms with van der Waals surface area (Å²) in [4.78, 5) is 12.2. The second-order valence-electron chi connectivity index (χ2n) is 7.50. The number of carbonyl (C=O) groups is 1. The first-order valence-corrected chi connectivity index (χ1v) is 10.0. The molecular weight excluding hydrogens is 292 g/mol. The smallest absolute Gasteiger partial charge is 0.220 e. The van der Waals surface area contributed by atoms with E-state index < -0.39 is 0 Å². The van der Waals surface area contributed by atoms with Crippen molar-refractivity contribution in [1.82, 2.24) is 5.32 Å². The minimum atomic E-state index is 0.0835. The van der Waals surface area contributed by atoms with Crippen molar-refractivity contribution in [2.24, 2.45) is 11.1 Å². The van der Waals surface area contributed by atoms with Gasteiger partial charge in [-0.25, -0.2) is 0 Å². The summed E-state index contributed by atoms with van der Waals surface area (Å²) in [5, 5.41) is 3.10. The lowest BCUT2D eigenvalue weighted by Crippen LogP contribution is -2.38. The molecule has 0 aromatic carbocycles. The van der Waals surface area contributed by atoms with Gasteiger partial charge >= 0.3 is 0 Å². The molecule has 3 nitrogen and oxygen atoms in total. The third-order valence-electron chi connectivity index (χ3n) is 4.87. The van der Waals surface area contributed by atoms with Gasteiger partial charge in [-0.1, -0.05) is 46.5 Å². The fourth-order valence-electron chi connectivity index (χ4n) is 3.48. The van der Waals surface area contributed by atoms with Gasteiger partial charge in [-0.05, 0) is 43.4 Å². The Kier molecular flexibility index (Phi) is 8.85. The molecule has 0 saturated heterocycles. The van der Waals surface area contributed by atoms with Crippen molar-refractivity contribution in [3.05, 3.63) is 0 Å². The molecule has 0 atom stereocenters. The molecular formula is C18H36N2OS. The van der Waals surface area contributed by atoms with Crippen LogP contribution in [0.15, 0.2) is 0 Å². The second-order valence-corrected chi connectivity index (χ2v) is 9.31. The summed E-state index contributed by atoms with van der Waals surface area (Å²) in [6.45, 7) is 8.32. The standard InChI is InChI=1S/C18H36N2OS/c1-4-9-17(2,3)22-13-8-12-20-16(21)14-18(15-19)10-6-5-7-11-18/h4-15,19H2,1-3H3,(H,20,21). The van der Waals surface area contributed by atoms with Gasteiger partial charge in [-0.2, -0.15) is 11.8 Å². The highest BCUT2D eigenvalue weighted by molar-refractivity contribution is 8.00. The van der Waals surface area contributed by atoms with Crippen LogP contribution in [0.4, 0.5) is 0 Å². The van der Waals surface area contributed by atoms with Crippen LogP contribution in [0.3, 0.4) is 0 Å². The predicted octanol–water partition coefficient (Wildman–Crippen LogP) is 4.10. The minimum Gasteiger partial charge on any atom is -0.356 e. The topological polar surface area (TPSA) is 55.1 Å². The zero-order valence-corrected chi connectivity index (χ0v) is 15.7. The van der Waals surface area contributed by atoms with E-state index in [1.807, 2.05) is 11.8 Å². The van der Waals surface area contributed by atoms with Crippen LogP contribution in [0.25, 0.3) is 0 Å². The number of amides is 1. The fraction of sp³-hybridized carbons (Fsp3) is 0.944. The Hall–Kier alpha value is -0.220. The molecule has 0 bridgehead atoms. The first-order chi connectivity index (χ1) is 10.4. The number of nitrogens with two attached hydrogens (primary N) is 1. The van der Waals surface area contributed by atoms with Crippen LogP contribution < -0.4 is 11.1 Å². The van der Waals surface area contributed by atoms with Crippen molar-refractivity contribution >= 4 is 17.7 Å². The third-order valence-corrected chi connectivity index (χ3v) is 6.35. The highest BCUT2D eigenvalue weighted by atomic mass is 32.2. The largest absolute Gasteiger partial charge is 0.356 e. The van der Waals surface area contributed by atoms with Gasteiger partial charge in [0.15, 0.2) is 0 Å². The monoisotopic (exact) mass is 328 g/mol. The lowest BCUT2D eigenvalue weighted by molar-refractivity contribution is -0.123. The molecule has 0 unspecified atom stereocenters. The Morgan fingerprint density at radius 1 is 1.27 bits per heavy atom. The van der Waals surface area contributed by atoms with Crippen molar-refractivity contribution in [3.8, 4) is 0 Å². The first kappa shape index (κ1) is 19.8. The van der Waals surface area contributed by atoms with Gasteiger partial charge in [0, 0.05) is 17.7 Å². The summed E-state index contributed by atoms with van der Waals surface area (Å²) in [5.41, 5.74) is 6.04. The van der Waals surface area contributed by atoms with Gasteiger partial charge in [0.25, 0.3) is 0 Å². The van der Waals surface area contributed by atoms with E-state index in [4.69, 9.17) is 5.73 Å². The second kappa shape index (κ2) is 9.82. The van der Waals surface area contributed by atoms with Crippen molar-refractivity contribution in [2.75, 3.05) is 18.8 Å². The lowest BCUT2D eigenvalue weighted by Gasteiger charge is -2.35. The fourth-order valence-corrected chi connectivity index (χ4v) is 4.67. The Morgan fingerprint density at radius 3 is 2.55 bits per heavy atom. The molecule has 22 heavy (non-hydrogen) atoms. The number of carbonyl (C=O) groups excluding carboxylic acids is 1. The van der Waals surface area contributed by atoms with Crippen molar-refractivity contribution < 1.29 is 4.79 Å². The van der Waals surface area contributed by atoms with E-state index in [1.54, 1.807) is 0 Å². The molecule has 1 aliphatic rings. The van der Waals surface area contributed by atoms with Crippen LogP contribution in [0, 0.1) is 5.41 Å². The van der Waals surface area contributed by atoms with Gasteiger partial charge in [0.05, 0.1) is 0 Å². The molecule has 1 rings (SSSR count). The molecule has 4 heteroatoms. The van der Waals surface area contributed by atoms with Crippen molar-refractivity contribution in [2.45, 2.75) is 83.3 Å². The van der Waals surface area contributed by atoms with Crippen LogP contribution in [-0.4, -0.2) is 29.5 Å². The summed E-state index contributed by atoms with van der Waals surface area (Å²) in [5.74, 6) is 1.32. The zero-order valence-electron chi connectivity index (χ0n) is 14.9. The maximum absolute atomic E-state index is 12.2. The Labute approximate surface area is 141 Å². The Morgan fingerprint density at radius 2 is 1.95 bits per heavy atom. The average Bonchev–Trinajstić information content (AvgIpc) is 2.47. The summed E-state index contributed by atoms with van der Waals surface area (Å²) >= 11 is 2.02. The summed E-state index contributed by atoms with van der Waals surface area (Å²) in [7, 11) is 0. The SMILES string of the molecule is CCCC(C)(C)SCCCNC(=O)CC1(CN)CCCCC1. The molecule has 130 valence electrons. The van der Waals surface area contributed by atoms with E-state index in [1.165, 1.54) is 32.1 Å². The molecule has 3 N–H and O–H groups in total. The molecule has 1 aliphatic carbocycles. The predicted molar refractivity (Wildman–Crippen MR) is 98.3 cm³/mol. The molecule has 0 spiro atoms. The van der Waals surface area contributed by atoms with Crippen LogP contribution in [0.2, 0.25) is 0 Å². The number of thioether (sulfide) groups is 1. The Balaban J connectivity index is 2.18. The maximum atomic E-state index is 12.2. The van der Waals surface area contributed by atoms with Gasteiger partial charge in [0.2, 0.25) is 5.91 Å². The van der Waals surface area contributed by atoms with E-state index in [0.717, 1.165) is 31.6 Å². The number of hydrogen-bond acceptors (Lipinski definition) is 3. The Bertz CT molecular complexity index is 325. The molecule has 1 fully saturated rings. The molecule has 0 aromatic rings. The maximum Gasteiger partial charge on any atom is 0.220 e. The van der Waals surface area contributed by atoms with Crippen LogP contribution in [0.1, 0.15) is 78.6 Å². The quantitative estimate of drug-likeness (QED) is 0.594. The van der Waals surface area contributed by atoms with Gasteiger partial charge in [-0.15, -0.1) is 0 Å². The molecule has 0 heterocycles. The van der Waals surface area contributed by atoms with Gasteiger partial charge < -0.3 is 11.1 Å². The number of nitrogens with one attached hydrogen (secondary N) is 1. The van der Waals surface area contributed by atoms with Gasteiger partial charge in [0.1, 0.15) is 0 Å². The van der Waals surface area contributed by atoms with E-state index in [9.17, 15) is 4.79 Å². The van der Waals surface area contributed by atoms with Crippen molar-refractivity contribution in [1.29, 1.82) is 0 Å². The molecule has 1 amide bonds. The normalized spacial score (nSPS) is 18.2. The first-order valence-electron chi connectivity index (χ1n) is 9.04. The minimum absolute atomic E-state index is 0.0835. The van der Waals surface area contributed by atoms with E-state index in [0.29, 0.717) is 17.7 Å². The number of rotatable bonds is 10. The summed E-state index contributed by atoms with van der Waals surface area (Å²) in [6, 6.07) is 0. The summed E-state index contributed by atoms with van der Waals surface area (Å²) < 4.78 is 0.366. The third kappa shape index (κ3) is 7.36. The van der Waals surface area contributed by atoms with Crippen LogP contribution in [-0.2, 0) is 4.79 Å². The zero-order chi connectivity index (χ0) is 16.5. The molecule has 0 aliphatic heterocycles. The van der Waals surface area contributed by atoms with Crippen molar-refractivity contribution in [3.63, 3.8) is 0 Å². The van der Waals surface area contributed by atoms with Gasteiger partial charge in [-0.3, -0.25) is 4.79 Å². The van der Waals surface area contributed by atoms with E-state index >= 15 is 0 Å². The lowest BCUT2D eigenvalue weighted by atomic mass is 9.71. The van der Waals surface area contributed by atoms with E-state index in [2.05, 4.69) is 26.1 Å². The molecule has 1 saturated carbocycles. The molecule has 0 aromatic heterocycles. The highest BCUT2D eigenvalue weighted by Crippen LogP contribution is 2.38. The highest BCUT2D eigenvalue weighted by Gasteiger charge is 2.32. The number of hydrogen-bond donors (Lipinski definition) is 2.